The lowest BCUT2D eigenvalue weighted by Crippen LogP contribution is -2.01. The van der Waals surface area contributed by atoms with E-state index < -0.39 is 0 Å². The summed E-state index contributed by atoms with van der Waals surface area (Å²) in [7, 11) is 3.80. The van der Waals surface area contributed by atoms with Crippen molar-refractivity contribution in [2.75, 3.05) is 14.1 Å². The van der Waals surface area contributed by atoms with Crippen LogP contribution in [-0.4, -0.2) is 25.3 Å². The quantitative estimate of drug-likeness (QED) is 0.459. The second kappa shape index (κ2) is 3.76. The Morgan fingerprint density at radius 2 is 1.82 bits per heavy atom. The van der Waals surface area contributed by atoms with Crippen LogP contribution in [0.4, 0.5) is 0 Å². The fourth-order valence-electron chi connectivity index (χ4n) is 0.721. The van der Waals surface area contributed by atoms with E-state index in [1.807, 2.05) is 50.6 Å². The maximum Gasteiger partial charge on any atom is 0.0542 e. The molecule has 0 unspecified atom stereocenters. The molecule has 1 aromatic rings. The highest BCUT2D eigenvalue weighted by molar-refractivity contribution is 5.79. The topological polar surface area (TPSA) is 15.6 Å². The fourth-order valence-corrected chi connectivity index (χ4v) is 0.721. The van der Waals surface area contributed by atoms with Gasteiger partial charge in [0.25, 0.3) is 0 Å². The summed E-state index contributed by atoms with van der Waals surface area (Å²) in [6, 6.07) is 10.0. The summed E-state index contributed by atoms with van der Waals surface area (Å²) in [5.74, 6) is 0. The summed E-state index contributed by atoms with van der Waals surface area (Å²) in [5.41, 5.74) is 1.13. The molecule has 0 heterocycles. The largest absolute Gasteiger partial charge is 0.303 e. The van der Waals surface area contributed by atoms with Gasteiger partial charge in [-0.2, -0.15) is 5.10 Å². The van der Waals surface area contributed by atoms with Crippen LogP contribution < -0.4 is 0 Å². The third-order valence-corrected chi connectivity index (χ3v) is 1.24. The van der Waals surface area contributed by atoms with Gasteiger partial charge in [-0.15, -0.1) is 0 Å². The van der Waals surface area contributed by atoms with E-state index in [1.165, 1.54) is 0 Å². The van der Waals surface area contributed by atoms with Crippen LogP contribution in [0.1, 0.15) is 5.56 Å². The zero-order valence-corrected chi connectivity index (χ0v) is 6.86. The highest BCUT2D eigenvalue weighted by Gasteiger charge is 1.82. The van der Waals surface area contributed by atoms with E-state index in [1.54, 1.807) is 5.01 Å². The molecule has 0 aromatic heterocycles. The summed E-state index contributed by atoms with van der Waals surface area (Å²) in [4.78, 5) is 0. The van der Waals surface area contributed by atoms with Crippen LogP contribution in [0.25, 0.3) is 0 Å². The first-order valence-electron chi connectivity index (χ1n) is 3.55. The van der Waals surface area contributed by atoms with Crippen LogP contribution in [0.2, 0.25) is 0 Å². The van der Waals surface area contributed by atoms with Crippen molar-refractivity contribution in [2.24, 2.45) is 5.10 Å². The smallest absolute Gasteiger partial charge is 0.0542 e. The first-order valence-corrected chi connectivity index (χ1v) is 3.55. The number of hydrogen-bond donors (Lipinski definition) is 0. The molecule has 0 saturated heterocycles. The molecule has 58 valence electrons. The van der Waals surface area contributed by atoms with E-state index in [2.05, 4.69) is 5.10 Å². The molecule has 2 nitrogen and oxygen atoms in total. The lowest BCUT2D eigenvalue weighted by Gasteiger charge is -2.01. The summed E-state index contributed by atoms with van der Waals surface area (Å²) >= 11 is 0. The van der Waals surface area contributed by atoms with Crippen molar-refractivity contribution in [1.82, 2.24) is 5.01 Å². The number of rotatable bonds is 2. The van der Waals surface area contributed by atoms with Crippen molar-refractivity contribution in [3.63, 3.8) is 0 Å². The minimum atomic E-state index is 1.13. The first-order chi connectivity index (χ1) is 5.29. The van der Waals surface area contributed by atoms with E-state index in [-0.39, 0.29) is 0 Å². The summed E-state index contributed by atoms with van der Waals surface area (Å²) < 4.78 is 0. The molecule has 11 heavy (non-hydrogen) atoms. The highest BCUT2D eigenvalue weighted by Crippen LogP contribution is 1.93. The van der Waals surface area contributed by atoms with Crippen LogP contribution >= 0.6 is 0 Å². The van der Waals surface area contributed by atoms with Crippen molar-refractivity contribution in [1.29, 1.82) is 0 Å². The predicted molar refractivity (Wildman–Crippen MR) is 47.7 cm³/mol. The molecule has 1 rings (SSSR count). The van der Waals surface area contributed by atoms with Crippen LogP contribution in [0.5, 0.6) is 0 Å². The molecule has 0 radical (unpaired) electrons. The van der Waals surface area contributed by atoms with Gasteiger partial charge in [0, 0.05) is 14.1 Å². The second-order valence-corrected chi connectivity index (χ2v) is 2.50. The summed E-state index contributed by atoms with van der Waals surface area (Å²) in [5, 5.41) is 5.87. The Labute approximate surface area is 67.2 Å². The molecule has 0 aliphatic heterocycles. The minimum Gasteiger partial charge on any atom is -0.303 e. The standard InChI is InChI=1S/C9H12N2/c1-11(2)10-8-9-6-4-3-5-7-9/h3-8H,1-2H3/b10-8-. The molecule has 0 aliphatic rings. The lowest BCUT2D eigenvalue weighted by molar-refractivity contribution is 0.440. The van der Waals surface area contributed by atoms with Gasteiger partial charge >= 0.3 is 0 Å². The molecule has 0 aliphatic carbocycles. The van der Waals surface area contributed by atoms with Crippen molar-refractivity contribution >= 4 is 6.21 Å². The molecule has 2 heteroatoms. The van der Waals surface area contributed by atoms with Gasteiger partial charge in [-0.25, -0.2) is 0 Å². The molecular weight excluding hydrogens is 136 g/mol. The number of hydrazone groups is 1. The Morgan fingerprint density at radius 1 is 1.18 bits per heavy atom. The molecule has 0 fully saturated rings. The summed E-state index contributed by atoms with van der Waals surface area (Å²) in [6.07, 6.45) is 1.83. The number of benzene rings is 1. The molecule has 1 aromatic carbocycles. The maximum absolute atomic E-state index is 4.10. The van der Waals surface area contributed by atoms with Gasteiger partial charge in [-0.3, -0.25) is 0 Å². The zero-order chi connectivity index (χ0) is 8.10. The average Bonchev–Trinajstić information content (AvgIpc) is 2.03. The SMILES string of the molecule is CN(C)/N=C\c1ccccc1. The van der Waals surface area contributed by atoms with Gasteiger partial charge in [0.05, 0.1) is 6.21 Å². The van der Waals surface area contributed by atoms with E-state index in [0.717, 1.165) is 5.56 Å². The number of hydrogen-bond acceptors (Lipinski definition) is 2. The van der Waals surface area contributed by atoms with E-state index in [4.69, 9.17) is 0 Å². The van der Waals surface area contributed by atoms with Gasteiger partial charge in [-0.05, 0) is 5.56 Å². The van der Waals surface area contributed by atoms with E-state index in [9.17, 15) is 0 Å². The molecule has 0 bridgehead atoms. The normalized spacial score (nSPS) is 10.4. The monoisotopic (exact) mass is 148 g/mol. The van der Waals surface area contributed by atoms with E-state index in [0.29, 0.717) is 0 Å². The van der Waals surface area contributed by atoms with Crippen molar-refractivity contribution in [3.8, 4) is 0 Å². The van der Waals surface area contributed by atoms with Gasteiger partial charge in [-0.1, -0.05) is 30.3 Å². The molecule has 0 atom stereocenters. The fraction of sp³-hybridized carbons (Fsp3) is 0.222. The van der Waals surface area contributed by atoms with Gasteiger partial charge in [0.1, 0.15) is 0 Å². The third-order valence-electron chi connectivity index (χ3n) is 1.24. The summed E-state index contributed by atoms with van der Waals surface area (Å²) in [6.45, 7) is 0. The first kappa shape index (κ1) is 7.79. The second-order valence-electron chi connectivity index (χ2n) is 2.50. The van der Waals surface area contributed by atoms with Crippen molar-refractivity contribution in [2.45, 2.75) is 0 Å². The Bertz CT molecular complexity index is 227. The van der Waals surface area contributed by atoms with Gasteiger partial charge in [0.15, 0.2) is 0 Å². The molecule has 0 amide bonds. The van der Waals surface area contributed by atoms with Crippen LogP contribution in [-0.2, 0) is 0 Å². The minimum absolute atomic E-state index is 1.13. The Hall–Kier alpha value is -1.31. The average molecular weight is 148 g/mol. The molecule has 0 saturated carbocycles. The molecular formula is C9H12N2. The molecule has 0 N–H and O–H groups in total. The highest BCUT2D eigenvalue weighted by atomic mass is 15.4. The maximum atomic E-state index is 4.10. The van der Waals surface area contributed by atoms with Crippen LogP contribution in [0.3, 0.4) is 0 Å². The van der Waals surface area contributed by atoms with Gasteiger partial charge in [0.2, 0.25) is 0 Å². The van der Waals surface area contributed by atoms with Crippen LogP contribution in [0.15, 0.2) is 35.4 Å². The predicted octanol–water partition coefficient (Wildman–Crippen LogP) is 1.58. The van der Waals surface area contributed by atoms with Crippen LogP contribution in [0, 0.1) is 0 Å². The van der Waals surface area contributed by atoms with E-state index >= 15 is 0 Å². The van der Waals surface area contributed by atoms with Crippen molar-refractivity contribution in [3.05, 3.63) is 35.9 Å². The lowest BCUT2D eigenvalue weighted by atomic mass is 10.2. The molecule has 0 spiro atoms. The Kier molecular flexibility index (Phi) is 2.66. The Morgan fingerprint density at radius 3 is 2.36 bits per heavy atom. The van der Waals surface area contributed by atoms with Gasteiger partial charge < -0.3 is 5.01 Å². The third kappa shape index (κ3) is 2.85. The number of nitrogens with zero attached hydrogens (tertiary/aromatic N) is 2. The van der Waals surface area contributed by atoms with Crippen molar-refractivity contribution < 1.29 is 0 Å². The Balaban J connectivity index is 2.65. The zero-order valence-electron chi connectivity index (χ0n) is 6.86.